The highest BCUT2D eigenvalue weighted by Gasteiger charge is 2.33. The lowest BCUT2D eigenvalue weighted by molar-refractivity contribution is -0.146. The van der Waals surface area contributed by atoms with Crippen molar-refractivity contribution in [2.75, 3.05) is 13.6 Å². The first kappa shape index (κ1) is 18.4. The molecule has 2 unspecified atom stereocenters. The summed E-state index contributed by atoms with van der Waals surface area (Å²) in [5, 5.41) is 16.7. The van der Waals surface area contributed by atoms with Gasteiger partial charge in [-0.15, -0.1) is 0 Å². The van der Waals surface area contributed by atoms with Gasteiger partial charge in [-0.25, -0.2) is 0 Å². The van der Waals surface area contributed by atoms with E-state index in [-0.39, 0.29) is 11.8 Å². The molecule has 1 aliphatic heterocycles. The number of amides is 1. The van der Waals surface area contributed by atoms with Crippen LogP contribution in [0.25, 0.3) is 0 Å². The third kappa shape index (κ3) is 3.77. The summed E-state index contributed by atoms with van der Waals surface area (Å²) in [6.07, 6.45) is 2.84. The minimum atomic E-state index is -0.813. The van der Waals surface area contributed by atoms with Gasteiger partial charge in [-0.3, -0.25) is 19.2 Å². The van der Waals surface area contributed by atoms with E-state index in [0.717, 1.165) is 29.8 Å². The van der Waals surface area contributed by atoms with E-state index in [2.05, 4.69) is 24.3 Å². The van der Waals surface area contributed by atoms with Gasteiger partial charge in [0, 0.05) is 31.4 Å². The van der Waals surface area contributed by atoms with Crippen molar-refractivity contribution in [1.82, 2.24) is 20.0 Å². The minimum Gasteiger partial charge on any atom is -0.480 e. The Balaban J connectivity index is 1.98. The number of rotatable bonds is 6. The van der Waals surface area contributed by atoms with E-state index < -0.39 is 12.0 Å². The molecule has 0 spiro atoms. The van der Waals surface area contributed by atoms with Crippen LogP contribution in [0.15, 0.2) is 0 Å². The summed E-state index contributed by atoms with van der Waals surface area (Å²) in [6.45, 7) is 5.12. The van der Waals surface area contributed by atoms with Gasteiger partial charge < -0.3 is 10.4 Å². The molecular weight excluding hydrogens is 308 g/mol. The maximum absolute atomic E-state index is 12.5. The van der Waals surface area contributed by atoms with Crippen LogP contribution in [0.5, 0.6) is 0 Å². The van der Waals surface area contributed by atoms with Crippen LogP contribution < -0.4 is 5.32 Å². The van der Waals surface area contributed by atoms with Crippen LogP contribution in [0.1, 0.15) is 43.6 Å². The van der Waals surface area contributed by atoms with Gasteiger partial charge in [0.2, 0.25) is 5.91 Å². The number of carbonyl (C=O) groups is 2. The zero-order chi connectivity index (χ0) is 17.9. The van der Waals surface area contributed by atoms with Gasteiger partial charge in [0.25, 0.3) is 0 Å². The van der Waals surface area contributed by atoms with Crippen molar-refractivity contribution in [3.63, 3.8) is 0 Å². The molecule has 0 aromatic carbocycles. The second-order valence-corrected chi connectivity index (χ2v) is 6.49. The number of carboxylic acids is 1. The Morgan fingerprint density at radius 2 is 1.96 bits per heavy atom. The van der Waals surface area contributed by atoms with Gasteiger partial charge in [0.05, 0.1) is 11.6 Å². The molecule has 1 amide bonds. The smallest absolute Gasteiger partial charge is 0.320 e. The van der Waals surface area contributed by atoms with Gasteiger partial charge >= 0.3 is 5.97 Å². The van der Waals surface area contributed by atoms with Crippen LogP contribution >= 0.6 is 0 Å². The second kappa shape index (κ2) is 7.79. The highest BCUT2D eigenvalue weighted by Crippen LogP contribution is 2.22. The summed E-state index contributed by atoms with van der Waals surface area (Å²) in [5.41, 5.74) is 3.30. The third-order valence-corrected chi connectivity index (χ3v) is 4.95. The summed E-state index contributed by atoms with van der Waals surface area (Å²) < 4.78 is 1.90. The Labute approximate surface area is 143 Å². The number of carbonyl (C=O) groups excluding carboxylic acids is 1. The first-order valence-corrected chi connectivity index (χ1v) is 8.63. The molecule has 2 N–H and O–H groups in total. The van der Waals surface area contributed by atoms with Crippen LogP contribution in [0, 0.1) is 5.92 Å². The maximum Gasteiger partial charge on any atom is 0.320 e. The predicted molar refractivity (Wildman–Crippen MR) is 90.6 cm³/mol. The average molecular weight is 336 g/mol. The van der Waals surface area contributed by atoms with Crippen molar-refractivity contribution < 1.29 is 14.7 Å². The average Bonchev–Trinajstić information content (AvgIpc) is 2.86. The Bertz CT molecular complexity index is 611. The number of aromatic nitrogens is 2. The van der Waals surface area contributed by atoms with Crippen molar-refractivity contribution >= 4 is 11.9 Å². The summed E-state index contributed by atoms with van der Waals surface area (Å²) in [6, 6.07) is -0.481. The van der Waals surface area contributed by atoms with E-state index in [1.165, 1.54) is 0 Å². The number of piperidine rings is 1. The zero-order valence-corrected chi connectivity index (χ0v) is 15.0. The zero-order valence-electron chi connectivity index (χ0n) is 15.0. The molecule has 1 aromatic heterocycles. The number of hydrogen-bond donors (Lipinski definition) is 2. The van der Waals surface area contributed by atoms with E-state index in [4.69, 9.17) is 5.11 Å². The lowest BCUT2D eigenvalue weighted by Gasteiger charge is -2.34. The molecule has 0 aliphatic carbocycles. The fraction of sp³-hybridized carbons (Fsp3) is 0.706. The molecule has 2 heterocycles. The van der Waals surface area contributed by atoms with Crippen molar-refractivity contribution in [3.05, 3.63) is 17.0 Å². The number of nitrogens with zero attached hydrogens (tertiary/aromatic N) is 3. The molecule has 2 atom stereocenters. The van der Waals surface area contributed by atoms with E-state index in [9.17, 15) is 9.59 Å². The quantitative estimate of drug-likeness (QED) is 0.808. The van der Waals surface area contributed by atoms with Gasteiger partial charge in [-0.1, -0.05) is 13.8 Å². The SMILES string of the molecule is CCc1nn(C)c(CC)c1CNC(=O)C1CCC(C(=O)O)N(C)C1. The molecule has 134 valence electrons. The van der Waals surface area contributed by atoms with Crippen LogP contribution in [0.3, 0.4) is 0 Å². The molecular formula is C17H28N4O3. The summed E-state index contributed by atoms with van der Waals surface area (Å²) in [7, 11) is 3.70. The number of nitrogens with one attached hydrogen (secondary N) is 1. The van der Waals surface area contributed by atoms with E-state index in [1.54, 1.807) is 11.9 Å². The third-order valence-electron chi connectivity index (χ3n) is 4.95. The lowest BCUT2D eigenvalue weighted by atomic mass is 9.92. The van der Waals surface area contributed by atoms with Crippen molar-refractivity contribution in [2.45, 2.75) is 52.1 Å². The van der Waals surface area contributed by atoms with Crippen LogP contribution in [0.2, 0.25) is 0 Å². The summed E-state index contributed by atoms with van der Waals surface area (Å²) in [4.78, 5) is 25.4. The Kier molecular flexibility index (Phi) is 5.99. The topological polar surface area (TPSA) is 87.5 Å². The molecule has 0 bridgehead atoms. The van der Waals surface area contributed by atoms with E-state index in [0.29, 0.717) is 25.9 Å². The fourth-order valence-corrected chi connectivity index (χ4v) is 3.59. The normalized spacial score (nSPS) is 21.7. The van der Waals surface area contributed by atoms with Crippen LogP contribution in [-0.4, -0.2) is 51.3 Å². The predicted octanol–water partition coefficient (Wildman–Crippen LogP) is 0.956. The molecule has 2 rings (SSSR count). The van der Waals surface area contributed by atoms with Crippen molar-refractivity contribution in [3.8, 4) is 0 Å². The summed E-state index contributed by atoms with van der Waals surface area (Å²) >= 11 is 0. The second-order valence-electron chi connectivity index (χ2n) is 6.49. The number of aliphatic carboxylic acids is 1. The molecule has 0 saturated carbocycles. The molecule has 0 radical (unpaired) electrons. The largest absolute Gasteiger partial charge is 0.480 e. The monoisotopic (exact) mass is 336 g/mol. The van der Waals surface area contributed by atoms with Gasteiger partial charge in [0.1, 0.15) is 6.04 Å². The Morgan fingerprint density at radius 3 is 2.50 bits per heavy atom. The number of hydrogen-bond acceptors (Lipinski definition) is 4. The highest BCUT2D eigenvalue weighted by molar-refractivity contribution is 5.80. The molecule has 1 fully saturated rings. The lowest BCUT2D eigenvalue weighted by Crippen LogP contribution is -2.49. The fourth-order valence-electron chi connectivity index (χ4n) is 3.59. The summed E-state index contributed by atoms with van der Waals surface area (Å²) in [5.74, 6) is -0.969. The number of carboxylic acid groups (broad SMARTS) is 1. The van der Waals surface area contributed by atoms with Crippen molar-refractivity contribution in [2.24, 2.45) is 13.0 Å². The first-order chi connectivity index (χ1) is 11.4. The van der Waals surface area contributed by atoms with E-state index in [1.807, 2.05) is 11.7 Å². The minimum absolute atomic E-state index is 0.00125. The molecule has 1 saturated heterocycles. The van der Waals surface area contributed by atoms with Crippen LogP contribution in [-0.2, 0) is 36.0 Å². The Hall–Kier alpha value is -1.89. The highest BCUT2D eigenvalue weighted by atomic mass is 16.4. The van der Waals surface area contributed by atoms with Gasteiger partial charge in [-0.05, 0) is 32.7 Å². The molecule has 7 nitrogen and oxygen atoms in total. The molecule has 1 aliphatic rings. The van der Waals surface area contributed by atoms with Crippen molar-refractivity contribution in [1.29, 1.82) is 0 Å². The number of likely N-dealkylation sites (tertiary alicyclic amines) is 1. The molecule has 7 heteroatoms. The van der Waals surface area contributed by atoms with E-state index >= 15 is 0 Å². The first-order valence-electron chi connectivity index (χ1n) is 8.63. The molecule has 24 heavy (non-hydrogen) atoms. The molecule has 1 aromatic rings. The van der Waals surface area contributed by atoms with Gasteiger partial charge in [0.15, 0.2) is 0 Å². The standard InChI is InChI=1S/C17H28N4O3/c1-5-13-12(14(6-2)21(4)19-13)9-18-16(22)11-7-8-15(17(23)24)20(3)10-11/h11,15H,5-10H2,1-4H3,(H,18,22)(H,23,24). The van der Waals surface area contributed by atoms with Gasteiger partial charge in [-0.2, -0.15) is 5.10 Å². The van der Waals surface area contributed by atoms with Crippen LogP contribution in [0.4, 0.5) is 0 Å². The maximum atomic E-state index is 12.5. The Morgan fingerprint density at radius 1 is 1.25 bits per heavy atom. The number of aryl methyl sites for hydroxylation is 2. The number of likely N-dealkylation sites (N-methyl/N-ethyl adjacent to an activating group) is 1.